The van der Waals surface area contributed by atoms with Crippen molar-refractivity contribution in [2.75, 3.05) is 33.2 Å². The van der Waals surface area contributed by atoms with E-state index in [0.717, 1.165) is 31.6 Å². The Labute approximate surface area is 145 Å². The first-order valence-electron chi connectivity index (χ1n) is 8.73. The Kier molecular flexibility index (Phi) is 4.77. The van der Waals surface area contributed by atoms with E-state index in [4.69, 9.17) is 9.31 Å². The van der Waals surface area contributed by atoms with E-state index >= 15 is 0 Å². The van der Waals surface area contributed by atoms with E-state index in [9.17, 15) is 4.39 Å². The van der Waals surface area contributed by atoms with Gasteiger partial charge < -0.3 is 14.2 Å². The molecule has 2 heterocycles. The summed E-state index contributed by atoms with van der Waals surface area (Å²) in [6, 6.07) is 5.19. The van der Waals surface area contributed by atoms with Crippen molar-refractivity contribution in [2.24, 2.45) is 0 Å². The lowest BCUT2D eigenvalue weighted by molar-refractivity contribution is 0.00578. The standard InChI is InChI=1S/C18H28BFN2O2/c1-17(2)18(3,4)24-19(23-17)15-7-6-8-16(20)14(15)13-22-11-9-21(5)10-12-22/h6-8H,9-13H2,1-5H3. The summed E-state index contributed by atoms with van der Waals surface area (Å²) in [7, 11) is 1.60. The van der Waals surface area contributed by atoms with Gasteiger partial charge in [0.2, 0.25) is 0 Å². The molecule has 2 aliphatic rings. The van der Waals surface area contributed by atoms with Gasteiger partial charge in [-0.05, 0) is 46.3 Å². The highest BCUT2D eigenvalue weighted by molar-refractivity contribution is 6.62. The van der Waals surface area contributed by atoms with Crippen LogP contribution in [0, 0.1) is 5.82 Å². The van der Waals surface area contributed by atoms with E-state index < -0.39 is 18.3 Å². The summed E-state index contributed by atoms with van der Waals surface area (Å²) in [6.45, 7) is 12.6. The molecule has 0 aromatic heterocycles. The number of likely N-dealkylation sites (N-methyl/N-ethyl adjacent to an activating group) is 1. The third kappa shape index (κ3) is 3.38. The fraction of sp³-hybridized carbons (Fsp3) is 0.667. The van der Waals surface area contributed by atoms with Crippen LogP contribution in [0.1, 0.15) is 33.3 Å². The summed E-state index contributed by atoms with van der Waals surface area (Å²) < 4.78 is 26.8. The summed E-state index contributed by atoms with van der Waals surface area (Å²) in [5.41, 5.74) is 0.664. The monoisotopic (exact) mass is 334 g/mol. The zero-order valence-electron chi connectivity index (χ0n) is 15.4. The molecule has 0 atom stereocenters. The molecular formula is C18H28BFN2O2. The Hall–Kier alpha value is -0.945. The van der Waals surface area contributed by atoms with Gasteiger partial charge in [0, 0.05) is 38.3 Å². The highest BCUT2D eigenvalue weighted by Crippen LogP contribution is 2.36. The molecule has 2 saturated heterocycles. The molecule has 2 fully saturated rings. The molecule has 0 N–H and O–H groups in total. The van der Waals surface area contributed by atoms with Gasteiger partial charge in [-0.25, -0.2) is 4.39 Å². The number of piperazine rings is 1. The molecule has 0 bridgehead atoms. The van der Waals surface area contributed by atoms with Crippen molar-refractivity contribution < 1.29 is 13.7 Å². The molecule has 6 heteroatoms. The molecule has 0 amide bonds. The van der Waals surface area contributed by atoms with Gasteiger partial charge in [-0.1, -0.05) is 12.1 Å². The van der Waals surface area contributed by atoms with Gasteiger partial charge in [-0.2, -0.15) is 0 Å². The molecule has 3 rings (SSSR count). The molecule has 0 unspecified atom stereocenters. The first kappa shape index (κ1) is 17.9. The lowest BCUT2D eigenvalue weighted by Gasteiger charge is -2.33. The third-order valence-electron chi connectivity index (χ3n) is 5.64. The lowest BCUT2D eigenvalue weighted by atomic mass is 9.75. The van der Waals surface area contributed by atoms with E-state index in [1.54, 1.807) is 6.07 Å². The van der Waals surface area contributed by atoms with Crippen LogP contribution in [-0.4, -0.2) is 61.3 Å². The smallest absolute Gasteiger partial charge is 0.399 e. The maximum absolute atomic E-state index is 14.6. The molecule has 24 heavy (non-hydrogen) atoms. The summed E-state index contributed by atoms with van der Waals surface area (Å²) in [5, 5.41) is 0. The Balaban J connectivity index is 1.83. The average Bonchev–Trinajstić information content (AvgIpc) is 2.71. The van der Waals surface area contributed by atoms with Crippen molar-refractivity contribution in [2.45, 2.75) is 45.4 Å². The fourth-order valence-electron chi connectivity index (χ4n) is 3.16. The highest BCUT2D eigenvalue weighted by atomic mass is 19.1. The summed E-state index contributed by atoms with van der Waals surface area (Å²) >= 11 is 0. The van der Waals surface area contributed by atoms with E-state index in [0.29, 0.717) is 12.1 Å². The summed E-state index contributed by atoms with van der Waals surface area (Å²) in [4.78, 5) is 4.60. The predicted octanol–water partition coefficient (Wildman–Crippen LogP) is 1.87. The topological polar surface area (TPSA) is 24.9 Å². The number of hydrogen-bond acceptors (Lipinski definition) is 4. The number of rotatable bonds is 3. The van der Waals surface area contributed by atoms with Crippen LogP contribution in [0.3, 0.4) is 0 Å². The first-order valence-corrected chi connectivity index (χ1v) is 8.73. The fourth-order valence-corrected chi connectivity index (χ4v) is 3.16. The molecule has 4 nitrogen and oxygen atoms in total. The third-order valence-corrected chi connectivity index (χ3v) is 5.64. The molecule has 132 valence electrons. The van der Waals surface area contributed by atoms with Gasteiger partial charge in [-0.3, -0.25) is 4.90 Å². The zero-order chi connectivity index (χ0) is 17.5. The van der Waals surface area contributed by atoms with Crippen molar-refractivity contribution >= 4 is 12.6 Å². The Morgan fingerprint density at radius 1 is 1.04 bits per heavy atom. The molecule has 0 radical (unpaired) electrons. The van der Waals surface area contributed by atoms with Crippen molar-refractivity contribution in [3.8, 4) is 0 Å². The van der Waals surface area contributed by atoms with Crippen molar-refractivity contribution in [3.05, 3.63) is 29.6 Å². The molecular weight excluding hydrogens is 306 g/mol. The Morgan fingerprint density at radius 2 is 1.62 bits per heavy atom. The summed E-state index contributed by atoms with van der Waals surface area (Å²) in [5.74, 6) is -0.179. The van der Waals surface area contributed by atoms with Crippen molar-refractivity contribution in [1.82, 2.24) is 9.80 Å². The SMILES string of the molecule is CN1CCN(Cc2c(F)cccc2B2OC(C)(C)C(C)(C)O2)CC1. The van der Waals surface area contributed by atoms with Crippen LogP contribution in [0.4, 0.5) is 4.39 Å². The maximum atomic E-state index is 14.6. The molecule has 1 aromatic carbocycles. The van der Waals surface area contributed by atoms with E-state index in [1.165, 1.54) is 6.07 Å². The van der Waals surface area contributed by atoms with Gasteiger partial charge in [0.25, 0.3) is 0 Å². The Morgan fingerprint density at radius 3 is 2.21 bits per heavy atom. The van der Waals surface area contributed by atoms with Crippen molar-refractivity contribution in [1.29, 1.82) is 0 Å². The molecule has 2 aliphatic heterocycles. The minimum atomic E-state index is -0.520. The Bertz CT molecular complexity index is 585. The maximum Gasteiger partial charge on any atom is 0.495 e. The quantitative estimate of drug-likeness (QED) is 0.788. The largest absolute Gasteiger partial charge is 0.495 e. The van der Waals surface area contributed by atoms with Crippen LogP contribution >= 0.6 is 0 Å². The van der Waals surface area contributed by atoms with Gasteiger partial charge >= 0.3 is 7.12 Å². The van der Waals surface area contributed by atoms with Gasteiger partial charge in [0.05, 0.1) is 11.2 Å². The minimum absolute atomic E-state index is 0.179. The van der Waals surface area contributed by atoms with Crippen molar-refractivity contribution in [3.63, 3.8) is 0 Å². The second-order valence-corrected chi connectivity index (χ2v) is 7.98. The average molecular weight is 334 g/mol. The van der Waals surface area contributed by atoms with Crippen LogP contribution < -0.4 is 5.46 Å². The van der Waals surface area contributed by atoms with Gasteiger partial charge in [0.1, 0.15) is 5.82 Å². The number of halogens is 1. The molecule has 1 aromatic rings. The second kappa shape index (κ2) is 6.41. The van der Waals surface area contributed by atoms with Crippen LogP contribution in [0.25, 0.3) is 0 Å². The van der Waals surface area contributed by atoms with Gasteiger partial charge in [0.15, 0.2) is 0 Å². The highest BCUT2D eigenvalue weighted by Gasteiger charge is 2.52. The molecule has 0 aliphatic carbocycles. The number of nitrogens with zero attached hydrogens (tertiary/aromatic N) is 2. The van der Waals surface area contributed by atoms with E-state index in [-0.39, 0.29) is 5.82 Å². The lowest BCUT2D eigenvalue weighted by Crippen LogP contribution is -2.46. The van der Waals surface area contributed by atoms with Crippen LogP contribution in [-0.2, 0) is 15.9 Å². The second-order valence-electron chi connectivity index (χ2n) is 7.98. The zero-order valence-corrected chi connectivity index (χ0v) is 15.4. The first-order chi connectivity index (χ1) is 11.2. The van der Waals surface area contributed by atoms with Crippen LogP contribution in [0.15, 0.2) is 18.2 Å². The van der Waals surface area contributed by atoms with E-state index in [1.807, 2.05) is 33.8 Å². The summed E-state index contributed by atoms with van der Waals surface area (Å²) in [6.07, 6.45) is 0. The van der Waals surface area contributed by atoms with Gasteiger partial charge in [-0.15, -0.1) is 0 Å². The van der Waals surface area contributed by atoms with Crippen LogP contribution in [0.2, 0.25) is 0 Å². The predicted molar refractivity (Wildman–Crippen MR) is 94.9 cm³/mol. The molecule has 0 saturated carbocycles. The number of hydrogen-bond donors (Lipinski definition) is 0. The normalized spacial score (nSPS) is 24.5. The van der Waals surface area contributed by atoms with E-state index in [2.05, 4.69) is 16.8 Å². The number of benzene rings is 1. The minimum Gasteiger partial charge on any atom is -0.399 e. The molecule has 0 spiro atoms. The van der Waals surface area contributed by atoms with Crippen LogP contribution in [0.5, 0.6) is 0 Å².